The first-order valence-electron chi connectivity index (χ1n) is 6.54. The van der Waals surface area contributed by atoms with E-state index in [9.17, 15) is 4.79 Å². The van der Waals surface area contributed by atoms with Gasteiger partial charge in [0.15, 0.2) is 0 Å². The van der Waals surface area contributed by atoms with E-state index in [1.807, 2.05) is 18.7 Å². The highest BCUT2D eigenvalue weighted by Crippen LogP contribution is 2.29. The van der Waals surface area contributed by atoms with Gasteiger partial charge in [-0.3, -0.25) is 4.79 Å². The minimum absolute atomic E-state index is 0.0142. The summed E-state index contributed by atoms with van der Waals surface area (Å²) in [7, 11) is 0. The molecule has 0 saturated heterocycles. The van der Waals surface area contributed by atoms with Crippen molar-refractivity contribution in [1.29, 1.82) is 0 Å². The van der Waals surface area contributed by atoms with Crippen LogP contribution >= 0.6 is 11.8 Å². The van der Waals surface area contributed by atoms with Crippen LogP contribution in [0.4, 0.5) is 0 Å². The van der Waals surface area contributed by atoms with E-state index in [0.717, 1.165) is 19.3 Å². The Kier molecular flexibility index (Phi) is 7.88. The summed E-state index contributed by atoms with van der Waals surface area (Å²) in [6, 6.07) is -0.381. The van der Waals surface area contributed by atoms with Crippen molar-refractivity contribution in [1.82, 2.24) is 5.32 Å². The molecule has 0 aliphatic rings. The first-order valence-corrected chi connectivity index (χ1v) is 7.77. The van der Waals surface area contributed by atoms with Crippen LogP contribution in [0.2, 0.25) is 0 Å². The Morgan fingerprint density at radius 1 is 1.35 bits per heavy atom. The molecular formula is C13H28N2OS. The van der Waals surface area contributed by atoms with Gasteiger partial charge in [-0.15, -0.1) is 0 Å². The number of hydrogen-bond acceptors (Lipinski definition) is 3. The average Bonchev–Trinajstić information content (AvgIpc) is 2.38. The molecule has 4 heteroatoms. The summed E-state index contributed by atoms with van der Waals surface area (Å²) in [5.41, 5.74) is 5.91. The van der Waals surface area contributed by atoms with Gasteiger partial charge in [0.2, 0.25) is 5.91 Å². The van der Waals surface area contributed by atoms with Crippen molar-refractivity contribution < 1.29 is 4.79 Å². The summed E-state index contributed by atoms with van der Waals surface area (Å²) in [5, 5.41) is 3.01. The summed E-state index contributed by atoms with van der Waals surface area (Å²) < 4.78 is 0.158. The van der Waals surface area contributed by atoms with Crippen molar-refractivity contribution in [2.24, 2.45) is 11.7 Å². The molecule has 102 valence electrons. The highest BCUT2D eigenvalue weighted by molar-refractivity contribution is 8.00. The molecule has 0 aromatic heterocycles. The number of nitrogens with two attached hydrogens (primary N) is 1. The summed E-state index contributed by atoms with van der Waals surface area (Å²) >= 11 is 1.83. The molecule has 0 saturated carbocycles. The molecule has 2 atom stereocenters. The monoisotopic (exact) mass is 260 g/mol. The van der Waals surface area contributed by atoms with Crippen LogP contribution in [-0.2, 0) is 4.79 Å². The lowest BCUT2D eigenvalue weighted by molar-refractivity contribution is -0.123. The minimum Gasteiger partial charge on any atom is -0.353 e. The molecule has 0 aromatic rings. The number of carbonyl (C=O) groups is 1. The molecule has 0 bridgehead atoms. The molecule has 0 aliphatic heterocycles. The highest BCUT2D eigenvalue weighted by atomic mass is 32.2. The molecular weight excluding hydrogens is 232 g/mol. The van der Waals surface area contributed by atoms with E-state index < -0.39 is 0 Å². The summed E-state index contributed by atoms with van der Waals surface area (Å²) in [6.07, 6.45) is 5.16. The van der Waals surface area contributed by atoms with Gasteiger partial charge >= 0.3 is 0 Å². The normalized spacial score (nSPS) is 15.4. The maximum absolute atomic E-state index is 11.9. The third-order valence-electron chi connectivity index (χ3n) is 3.87. The van der Waals surface area contributed by atoms with Crippen LogP contribution in [0.3, 0.4) is 0 Å². The first kappa shape index (κ1) is 16.8. The molecule has 3 nitrogen and oxygen atoms in total. The Hall–Kier alpha value is -0.220. The zero-order chi connectivity index (χ0) is 13.5. The summed E-state index contributed by atoms with van der Waals surface area (Å²) in [6.45, 7) is 9.12. The smallest absolute Gasteiger partial charge is 0.237 e. The molecule has 17 heavy (non-hydrogen) atoms. The topological polar surface area (TPSA) is 55.1 Å². The molecule has 1 unspecified atom stereocenters. The molecule has 0 aliphatic carbocycles. The fraction of sp³-hybridized carbons (Fsp3) is 0.923. The van der Waals surface area contributed by atoms with Crippen molar-refractivity contribution in [3.63, 3.8) is 0 Å². The van der Waals surface area contributed by atoms with Gasteiger partial charge in [0.25, 0.3) is 0 Å². The lowest BCUT2D eigenvalue weighted by Gasteiger charge is -2.30. The van der Waals surface area contributed by atoms with Crippen LogP contribution in [-0.4, -0.2) is 29.5 Å². The van der Waals surface area contributed by atoms with Crippen LogP contribution in [0.25, 0.3) is 0 Å². The highest BCUT2D eigenvalue weighted by Gasteiger charge is 2.27. The van der Waals surface area contributed by atoms with E-state index in [2.05, 4.69) is 32.3 Å². The second kappa shape index (κ2) is 7.98. The van der Waals surface area contributed by atoms with Gasteiger partial charge in [-0.05, 0) is 25.0 Å². The van der Waals surface area contributed by atoms with Crippen LogP contribution < -0.4 is 11.1 Å². The van der Waals surface area contributed by atoms with Crippen LogP contribution in [0.5, 0.6) is 0 Å². The van der Waals surface area contributed by atoms with E-state index in [1.165, 1.54) is 0 Å². The number of nitrogens with one attached hydrogen (secondary N) is 1. The quantitative estimate of drug-likeness (QED) is 0.704. The van der Waals surface area contributed by atoms with E-state index in [1.54, 1.807) is 0 Å². The number of carbonyl (C=O) groups excluding carboxylic acids is 1. The van der Waals surface area contributed by atoms with Gasteiger partial charge in [-0.1, -0.05) is 34.1 Å². The van der Waals surface area contributed by atoms with Gasteiger partial charge in [-0.25, -0.2) is 0 Å². The fourth-order valence-electron chi connectivity index (χ4n) is 1.74. The Labute approximate surface area is 110 Å². The van der Waals surface area contributed by atoms with Crippen molar-refractivity contribution in [3.8, 4) is 0 Å². The van der Waals surface area contributed by atoms with E-state index in [4.69, 9.17) is 5.73 Å². The van der Waals surface area contributed by atoms with Gasteiger partial charge in [-0.2, -0.15) is 11.8 Å². The van der Waals surface area contributed by atoms with Gasteiger partial charge in [0.1, 0.15) is 0 Å². The largest absolute Gasteiger partial charge is 0.353 e. The van der Waals surface area contributed by atoms with Crippen molar-refractivity contribution in [2.75, 3.05) is 12.8 Å². The maximum Gasteiger partial charge on any atom is 0.237 e. The number of thioether (sulfide) groups is 1. The first-order chi connectivity index (χ1) is 7.96. The maximum atomic E-state index is 11.9. The summed E-state index contributed by atoms with van der Waals surface area (Å²) in [4.78, 5) is 11.9. The van der Waals surface area contributed by atoms with Crippen molar-refractivity contribution >= 4 is 17.7 Å². The number of rotatable bonds is 8. The lowest BCUT2D eigenvalue weighted by atomic mass is 9.98. The van der Waals surface area contributed by atoms with Crippen molar-refractivity contribution in [2.45, 2.75) is 57.7 Å². The zero-order valence-corrected chi connectivity index (χ0v) is 12.7. The Bertz CT molecular complexity index is 221. The second-order valence-corrected chi connectivity index (χ2v) is 6.00. The molecule has 0 spiro atoms. The molecule has 0 radical (unpaired) electrons. The number of hydrogen-bond donors (Lipinski definition) is 2. The third-order valence-corrected chi connectivity index (χ3v) is 5.45. The molecule has 0 heterocycles. The lowest BCUT2D eigenvalue weighted by Crippen LogP contribution is -2.48. The predicted molar refractivity (Wildman–Crippen MR) is 77.3 cm³/mol. The van der Waals surface area contributed by atoms with Crippen molar-refractivity contribution in [3.05, 3.63) is 0 Å². The minimum atomic E-state index is -0.381. The van der Waals surface area contributed by atoms with Crippen LogP contribution in [0, 0.1) is 5.92 Å². The third kappa shape index (κ3) is 4.88. The van der Waals surface area contributed by atoms with E-state index in [-0.39, 0.29) is 22.6 Å². The molecule has 0 fully saturated rings. The molecule has 3 N–H and O–H groups in total. The van der Waals surface area contributed by atoms with Gasteiger partial charge in [0.05, 0.1) is 6.04 Å². The summed E-state index contributed by atoms with van der Waals surface area (Å²) in [5.74, 6) is 0.224. The van der Waals surface area contributed by atoms with Gasteiger partial charge in [0, 0.05) is 11.3 Å². The molecule has 0 aromatic carbocycles. The Balaban J connectivity index is 4.31. The SMILES string of the molecule is CCC(C)[C@H](N)C(=O)NCC(CC)(CC)SC. The predicted octanol–water partition coefficient (Wildman–Crippen LogP) is 2.40. The second-order valence-electron chi connectivity index (χ2n) is 4.72. The van der Waals surface area contributed by atoms with E-state index >= 15 is 0 Å². The Morgan fingerprint density at radius 2 is 1.88 bits per heavy atom. The standard InChI is InChI=1S/C13H28N2OS/c1-6-10(4)11(14)12(16)15-9-13(7-2,8-3)17-5/h10-11H,6-9,14H2,1-5H3,(H,15,16)/t10?,11-/m0/s1. The molecule has 1 amide bonds. The Morgan fingerprint density at radius 3 is 2.24 bits per heavy atom. The molecule has 0 rings (SSSR count). The van der Waals surface area contributed by atoms with Crippen LogP contribution in [0.15, 0.2) is 0 Å². The fourth-order valence-corrected chi connectivity index (χ4v) is 2.53. The van der Waals surface area contributed by atoms with Crippen LogP contribution in [0.1, 0.15) is 47.0 Å². The van der Waals surface area contributed by atoms with Gasteiger partial charge < -0.3 is 11.1 Å². The van der Waals surface area contributed by atoms with E-state index in [0.29, 0.717) is 6.54 Å². The number of amides is 1. The zero-order valence-electron chi connectivity index (χ0n) is 11.9. The average molecular weight is 260 g/mol.